The molecule has 0 radical (unpaired) electrons. The molecule has 0 aliphatic carbocycles. The maximum Gasteiger partial charge on any atom is 0.117 e. The Bertz CT molecular complexity index is 623. The number of phenols is 1. The van der Waals surface area contributed by atoms with Crippen LogP contribution < -0.4 is 0 Å². The number of oxime groups is 1. The number of phenolic OH excluding ortho intramolecular Hbond substituents is 1. The quantitative estimate of drug-likeness (QED) is 0.685. The second-order valence-corrected chi connectivity index (χ2v) is 4.57. The van der Waals surface area contributed by atoms with Gasteiger partial charge in [0.25, 0.3) is 0 Å². The average Bonchev–Trinajstić information content (AvgIpc) is 2.37. The first-order valence-electron chi connectivity index (χ1n) is 5.79. The zero-order valence-electron chi connectivity index (χ0n) is 10.7. The molecule has 2 rings (SSSR count). The fourth-order valence-electron chi connectivity index (χ4n) is 1.90. The third-order valence-corrected chi connectivity index (χ3v) is 2.98. The van der Waals surface area contributed by atoms with Gasteiger partial charge in [-0.25, -0.2) is 0 Å². The molecule has 0 unspecified atom stereocenters. The molecule has 19 heavy (non-hydrogen) atoms. The highest BCUT2D eigenvalue weighted by Gasteiger charge is 2.11. The number of nitrogens with zero attached hydrogens (tertiary/aromatic N) is 1. The van der Waals surface area contributed by atoms with Crippen LogP contribution in [0.3, 0.4) is 0 Å². The van der Waals surface area contributed by atoms with Gasteiger partial charge < -0.3 is 9.94 Å². The minimum atomic E-state index is 0.226. The fourth-order valence-corrected chi connectivity index (χ4v) is 2.09. The molecular weight excluding hydrogens is 262 g/mol. The highest BCUT2D eigenvalue weighted by Crippen LogP contribution is 2.21. The van der Waals surface area contributed by atoms with Gasteiger partial charge in [0.1, 0.15) is 18.6 Å². The Morgan fingerprint density at radius 2 is 2.00 bits per heavy atom. The van der Waals surface area contributed by atoms with Gasteiger partial charge >= 0.3 is 0 Å². The van der Waals surface area contributed by atoms with Gasteiger partial charge in [-0.3, -0.25) is 0 Å². The number of aromatic hydroxyl groups is 1. The summed E-state index contributed by atoms with van der Waals surface area (Å²) in [5, 5.41) is 14.2. The number of rotatable bonds is 3. The van der Waals surface area contributed by atoms with E-state index >= 15 is 0 Å². The van der Waals surface area contributed by atoms with E-state index in [4.69, 9.17) is 16.4 Å². The van der Waals surface area contributed by atoms with E-state index in [2.05, 4.69) is 5.16 Å². The van der Waals surface area contributed by atoms with Gasteiger partial charge in [0.15, 0.2) is 0 Å². The number of hydrogen-bond acceptors (Lipinski definition) is 3. The lowest BCUT2D eigenvalue weighted by molar-refractivity contribution is 0.214. The maximum absolute atomic E-state index is 9.47. The van der Waals surface area contributed by atoms with E-state index < -0.39 is 0 Å². The van der Waals surface area contributed by atoms with Crippen molar-refractivity contribution in [3.63, 3.8) is 0 Å². The minimum Gasteiger partial charge on any atom is -0.508 e. The summed E-state index contributed by atoms with van der Waals surface area (Å²) in [6, 6.07) is 12.5. The Balaban J connectivity index is 2.55. The van der Waals surface area contributed by atoms with Crippen molar-refractivity contribution in [1.29, 1.82) is 0 Å². The summed E-state index contributed by atoms with van der Waals surface area (Å²) >= 11 is 6.01. The SMILES string of the molecule is CO/N=C(\c1cccc(Cl)c1)c1ccc(O)cc1C. The van der Waals surface area contributed by atoms with Crippen molar-refractivity contribution in [1.82, 2.24) is 0 Å². The van der Waals surface area contributed by atoms with Gasteiger partial charge in [-0.2, -0.15) is 0 Å². The smallest absolute Gasteiger partial charge is 0.117 e. The molecular formula is C15H14ClNO2. The summed E-state index contributed by atoms with van der Waals surface area (Å²) in [6.07, 6.45) is 0. The topological polar surface area (TPSA) is 41.8 Å². The molecule has 0 atom stereocenters. The second-order valence-electron chi connectivity index (χ2n) is 4.13. The van der Waals surface area contributed by atoms with E-state index in [9.17, 15) is 5.11 Å². The monoisotopic (exact) mass is 275 g/mol. The summed E-state index contributed by atoms with van der Waals surface area (Å²) in [4.78, 5) is 4.92. The van der Waals surface area contributed by atoms with E-state index in [0.29, 0.717) is 10.7 Å². The summed E-state index contributed by atoms with van der Waals surface area (Å²) in [5.74, 6) is 0.226. The van der Waals surface area contributed by atoms with Crippen LogP contribution in [0.25, 0.3) is 0 Å². The molecule has 0 saturated carbocycles. The summed E-state index contributed by atoms with van der Waals surface area (Å²) in [6.45, 7) is 1.91. The molecule has 3 nitrogen and oxygen atoms in total. The first kappa shape index (κ1) is 13.4. The van der Waals surface area contributed by atoms with Crippen molar-refractivity contribution < 1.29 is 9.94 Å². The molecule has 98 valence electrons. The Hall–Kier alpha value is -2.00. The minimum absolute atomic E-state index is 0.226. The van der Waals surface area contributed by atoms with Crippen molar-refractivity contribution in [3.8, 4) is 5.75 Å². The molecule has 0 aromatic heterocycles. The van der Waals surface area contributed by atoms with E-state index in [-0.39, 0.29) is 5.75 Å². The summed E-state index contributed by atoms with van der Waals surface area (Å²) in [5.41, 5.74) is 3.35. The molecule has 4 heteroatoms. The van der Waals surface area contributed by atoms with Crippen LogP contribution >= 0.6 is 11.6 Å². The van der Waals surface area contributed by atoms with Crippen molar-refractivity contribution >= 4 is 17.3 Å². The zero-order chi connectivity index (χ0) is 13.8. The number of halogens is 1. The Kier molecular flexibility index (Phi) is 4.07. The molecule has 2 aromatic rings. The van der Waals surface area contributed by atoms with Crippen molar-refractivity contribution in [2.75, 3.05) is 7.11 Å². The van der Waals surface area contributed by atoms with Crippen LogP contribution in [0, 0.1) is 6.92 Å². The van der Waals surface area contributed by atoms with Crippen molar-refractivity contribution in [2.24, 2.45) is 5.16 Å². The molecule has 0 heterocycles. The van der Waals surface area contributed by atoms with Crippen LogP contribution in [0.1, 0.15) is 16.7 Å². The Morgan fingerprint density at radius 3 is 2.63 bits per heavy atom. The van der Waals surface area contributed by atoms with Gasteiger partial charge in [0.05, 0.1) is 0 Å². The third kappa shape index (κ3) is 3.06. The zero-order valence-corrected chi connectivity index (χ0v) is 11.5. The van der Waals surface area contributed by atoms with Gasteiger partial charge in [0, 0.05) is 16.1 Å². The predicted molar refractivity (Wildman–Crippen MR) is 76.9 cm³/mol. The highest BCUT2D eigenvalue weighted by molar-refractivity contribution is 6.31. The average molecular weight is 276 g/mol. The summed E-state index contributed by atoms with van der Waals surface area (Å²) in [7, 11) is 1.50. The highest BCUT2D eigenvalue weighted by atomic mass is 35.5. The van der Waals surface area contributed by atoms with Crippen LogP contribution in [-0.4, -0.2) is 17.9 Å². The van der Waals surface area contributed by atoms with Crippen molar-refractivity contribution in [2.45, 2.75) is 6.92 Å². The normalized spacial score (nSPS) is 11.4. The fraction of sp³-hybridized carbons (Fsp3) is 0.133. The molecule has 1 N–H and O–H groups in total. The van der Waals surface area contributed by atoms with E-state index in [1.165, 1.54) is 7.11 Å². The van der Waals surface area contributed by atoms with E-state index in [0.717, 1.165) is 16.7 Å². The Labute approximate surface area is 117 Å². The lowest BCUT2D eigenvalue weighted by atomic mass is 9.98. The molecule has 0 saturated heterocycles. The second kappa shape index (κ2) is 5.76. The molecule has 0 bridgehead atoms. The van der Waals surface area contributed by atoms with Crippen LogP contribution in [0.2, 0.25) is 5.02 Å². The molecule has 0 fully saturated rings. The number of aryl methyl sites for hydroxylation is 1. The molecule has 0 aliphatic rings. The van der Waals surface area contributed by atoms with E-state index in [1.807, 2.05) is 31.2 Å². The number of benzene rings is 2. The first-order chi connectivity index (χ1) is 9.11. The van der Waals surface area contributed by atoms with Crippen LogP contribution in [0.4, 0.5) is 0 Å². The maximum atomic E-state index is 9.47. The molecule has 0 aliphatic heterocycles. The van der Waals surface area contributed by atoms with Gasteiger partial charge in [-0.1, -0.05) is 28.9 Å². The number of hydrogen-bond donors (Lipinski definition) is 1. The van der Waals surface area contributed by atoms with Crippen molar-refractivity contribution in [3.05, 3.63) is 64.2 Å². The van der Waals surface area contributed by atoms with Crippen LogP contribution in [-0.2, 0) is 4.84 Å². The molecule has 0 amide bonds. The van der Waals surface area contributed by atoms with Gasteiger partial charge in [0.2, 0.25) is 0 Å². The first-order valence-corrected chi connectivity index (χ1v) is 6.16. The van der Waals surface area contributed by atoms with Crippen LogP contribution in [0.15, 0.2) is 47.6 Å². The van der Waals surface area contributed by atoms with E-state index in [1.54, 1.807) is 18.2 Å². The van der Waals surface area contributed by atoms with Gasteiger partial charge in [-0.05, 0) is 42.8 Å². The predicted octanol–water partition coefficient (Wildman–Crippen LogP) is 3.75. The standard InChI is InChI=1S/C15H14ClNO2/c1-10-8-13(18)6-7-14(10)15(17-19-2)11-4-3-5-12(16)9-11/h3-9,18H,1-2H3/b17-15+. The molecule has 0 spiro atoms. The lowest BCUT2D eigenvalue weighted by Gasteiger charge is -2.10. The largest absolute Gasteiger partial charge is 0.508 e. The third-order valence-electron chi connectivity index (χ3n) is 2.75. The molecule has 2 aromatic carbocycles. The Morgan fingerprint density at radius 1 is 1.21 bits per heavy atom. The summed E-state index contributed by atoms with van der Waals surface area (Å²) < 4.78 is 0. The van der Waals surface area contributed by atoms with Gasteiger partial charge in [-0.15, -0.1) is 0 Å². The van der Waals surface area contributed by atoms with Crippen LogP contribution in [0.5, 0.6) is 5.75 Å². The lowest BCUT2D eigenvalue weighted by Crippen LogP contribution is -2.06.